The predicted octanol–water partition coefficient (Wildman–Crippen LogP) is 4.61. The number of rotatable bonds is 4. The van der Waals surface area contributed by atoms with Crippen molar-refractivity contribution in [3.05, 3.63) is 35.5 Å². The maximum atomic E-state index is 14.2. The van der Waals surface area contributed by atoms with E-state index in [-0.39, 0.29) is 35.1 Å². The van der Waals surface area contributed by atoms with Crippen LogP contribution in [0.1, 0.15) is 35.5 Å². The van der Waals surface area contributed by atoms with Crippen LogP contribution in [0, 0.1) is 11.7 Å². The summed E-state index contributed by atoms with van der Waals surface area (Å²) < 4.78 is 55.8. The van der Waals surface area contributed by atoms with Crippen molar-refractivity contribution < 1.29 is 26.9 Å². The van der Waals surface area contributed by atoms with Crippen LogP contribution in [0.2, 0.25) is 0 Å². The highest BCUT2D eigenvalue weighted by Gasteiger charge is 2.38. The highest BCUT2D eigenvalue weighted by atomic mass is 32.2. The number of alkyl halides is 3. The summed E-state index contributed by atoms with van der Waals surface area (Å²) >= 11 is 1.78. The predicted molar refractivity (Wildman–Crippen MR) is 83.7 cm³/mol. The Balaban J connectivity index is 1.76. The molecular weight excluding hydrogens is 360 g/mol. The number of carbonyl (C=O) groups is 1. The van der Waals surface area contributed by atoms with Crippen molar-refractivity contribution in [2.45, 2.75) is 25.4 Å². The lowest BCUT2D eigenvalue weighted by Gasteiger charge is -2.20. The van der Waals surface area contributed by atoms with Crippen molar-refractivity contribution in [1.29, 1.82) is 0 Å². The molecule has 1 aliphatic heterocycles. The molecule has 1 aliphatic rings. The molecule has 3 rings (SSSR count). The average molecular weight is 374 g/mol. The van der Waals surface area contributed by atoms with Gasteiger partial charge in [0.2, 0.25) is 5.82 Å². The van der Waals surface area contributed by atoms with E-state index >= 15 is 0 Å². The monoisotopic (exact) mass is 374 g/mol. The molecular formula is C16H14F4N2O2S. The number of Topliss-reactive ketones (excluding diaryl/α,β-unsaturated/α-hetero) is 1. The van der Waals surface area contributed by atoms with E-state index in [0.29, 0.717) is 0 Å². The Kier molecular flexibility index (Phi) is 5.12. The topological polar surface area (TPSA) is 56.0 Å². The van der Waals surface area contributed by atoms with Crippen LogP contribution in [0.4, 0.5) is 17.6 Å². The fraction of sp³-hybridized carbons (Fsp3) is 0.438. The van der Waals surface area contributed by atoms with Gasteiger partial charge in [-0.25, -0.2) is 4.39 Å². The van der Waals surface area contributed by atoms with Crippen molar-refractivity contribution in [2.75, 3.05) is 11.5 Å². The number of thioether (sulfide) groups is 1. The molecule has 0 aliphatic carbocycles. The zero-order valence-electron chi connectivity index (χ0n) is 13.0. The molecule has 9 heteroatoms. The van der Waals surface area contributed by atoms with Crippen LogP contribution in [0.5, 0.6) is 0 Å². The zero-order valence-corrected chi connectivity index (χ0v) is 13.8. The number of benzene rings is 1. The molecule has 0 N–H and O–H groups in total. The first-order valence-electron chi connectivity index (χ1n) is 7.66. The van der Waals surface area contributed by atoms with E-state index in [1.807, 2.05) is 0 Å². The lowest BCUT2D eigenvalue weighted by Crippen LogP contribution is -2.16. The highest BCUT2D eigenvalue weighted by molar-refractivity contribution is 7.99. The Morgan fingerprint density at radius 2 is 2.16 bits per heavy atom. The molecule has 0 spiro atoms. The van der Waals surface area contributed by atoms with Gasteiger partial charge in [0.1, 0.15) is 5.82 Å². The first-order chi connectivity index (χ1) is 11.8. The zero-order chi connectivity index (χ0) is 18.0. The summed E-state index contributed by atoms with van der Waals surface area (Å²) in [4.78, 5) is 15.5. The van der Waals surface area contributed by atoms with E-state index < -0.39 is 17.9 Å². The summed E-state index contributed by atoms with van der Waals surface area (Å²) in [6.07, 6.45) is -2.51. The maximum absolute atomic E-state index is 14.2. The van der Waals surface area contributed by atoms with Crippen LogP contribution < -0.4 is 0 Å². The van der Waals surface area contributed by atoms with Gasteiger partial charge in [-0.2, -0.15) is 29.9 Å². The van der Waals surface area contributed by atoms with Gasteiger partial charge in [-0.05, 0) is 42.4 Å². The Morgan fingerprint density at radius 3 is 2.76 bits per heavy atom. The molecule has 0 saturated carbocycles. The van der Waals surface area contributed by atoms with Crippen LogP contribution in [0.25, 0.3) is 11.4 Å². The molecule has 1 fully saturated rings. The third-order valence-corrected chi connectivity index (χ3v) is 5.21. The van der Waals surface area contributed by atoms with Crippen molar-refractivity contribution >= 4 is 17.5 Å². The molecule has 0 amide bonds. The first kappa shape index (κ1) is 17.9. The van der Waals surface area contributed by atoms with Gasteiger partial charge in [-0.1, -0.05) is 11.2 Å². The number of nitrogens with zero attached hydrogens (tertiary/aromatic N) is 2. The third-order valence-electron chi connectivity index (χ3n) is 3.92. The maximum Gasteiger partial charge on any atom is 0.471 e. The van der Waals surface area contributed by atoms with Gasteiger partial charge in [-0.3, -0.25) is 4.79 Å². The van der Waals surface area contributed by atoms with Crippen LogP contribution >= 0.6 is 11.8 Å². The van der Waals surface area contributed by atoms with E-state index in [1.54, 1.807) is 11.8 Å². The molecule has 2 heterocycles. The van der Waals surface area contributed by atoms with E-state index in [2.05, 4.69) is 14.7 Å². The number of hydrogen-bond donors (Lipinski definition) is 0. The Bertz CT molecular complexity index is 770. The third kappa shape index (κ3) is 4.20. The minimum absolute atomic E-state index is 0.0153. The number of hydrogen-bond acceptors (Lipinski definition) is 5. The lowest BCUT2D eigenvalue weighted by atomic mass is 9.95. The SMILES string of the molecule is O=C(CC1CCCSC1)c1ccc(-c2noc(C(F)(F)F)n2)cc1F. The van der Waals surface area contributed by atoms with Crippen LogP contribution in [0.15, 0.2) is 22.7 Å². The minimum Gasteiger partial charge on any atom is -0.329 e. The standard InChI is InChI=1S/C16H14F4N2O2S/c17-12-7-10(14-21-15(24-22-14)16(18,19)20)3-4-11(12)13(23)6-9-2-1-5-25-8-9/h3-4,7,9H,1-2,5-6,8H2. The van der Waals surface area contributed by atoms with Crippen molar-refractivity contribution in [2.24, 2.45) is 5.92 Å². The number of carbonyl (C=O) groups excluding carboxylic acids is 1. The number of ketones is 1. The second-order valence-corrected chi connectivity index (χ2v) is 6.98. The van der Waals surface area contributed by atoms with E-state index in [1.165, 1.54) is 12.1 Å². The number of aromatic nitrogens is 2. The van der Waals surface area contributed by atoms with E-state index in [9.17, 15) is 22.4 Å². The fourth-order valence-electron chi connectivity index (χ4n) is 2.68. The molecule has 25 heavy (non-hydrogen) atoms. The Labute approximate surface area is 145 Å². The molecule has 1 unspecified atom stereocenters. The molecule has 1 aromatic heterocycles. The molecule has 1 aromatic carbocycles. The van der Waals surface area contributed by atoms with Gasteiger partial charge in [0.15, 0.2) is 5.78 Å². The first-order valence-corrected chi connectivity index (χ1v) is 8.82. The molecule has 0 bridgehead atoms. The highest BCUT2D eigenvalue weighted by Crippen LogP contribution is 2.30. The Morgan fingerprint density at radius 1 is 1.36 bits per heavy atom. The van der Waals surface area contributed by atoms with E-state index in [4.69, 9.17) is 0 Å². The van der Waals surface area contributed by atoms with Gasteiger partial charge < -0.3 is 4.52 Å². The van der Waals surface area contributed by atoms with Crippen molar-refractivity contribution in [3.8, 4) is 11.4 Å². The van der Waals surface area contributed by atoms with Crippen molar-refractivity contribution in [3.63, 3.8) is 0 Å². The van der Waals surface area contributed by atoms with Gasteiger partial charge >= 0.3 is 12.1 Å². The summed E-state index contributed by atoms with van der Waals surface area (Å²) in [5.41, 5.74) is -0.0552. The summed E-state index contributed by atoms with van der Waals surface area (Å²) in [5.74, 6) is -0.791. The minimum atomic E-state index is -4.77. The fourth-order valence-corrected chi connectivity index (χ4v) is 3.83. The van der Waals surface area contributed by atoms with Gasteiger partial charge in [0.25, 0.3) is 0 Å². The van der Waals surface area contributed by atoms with Crippen LogP contribution in [-0.2, 0) is 6.18 Å². The molecule has 4 nitrogen and oxygen atoms in total. The van der Waals surface area contributed by atoms with Gasteiger partial charge in [-0.15, -0.1) is 0 Å². The second kappa shape index (κ2) is 7.15. The van der Waals surface area contributed by atoms with Gasteiger partial charge in [0.05, 0.1) is 5.56 Å². The Hall–Kier alpha value is -1.90. The molecule has 1 atom stereocenters. The second-order valence-electron chi connectivity index (χ2n) is 5.83. The molecule has 1 saturated heterocycles. The van der Waals surface area contributed by atoms with E-state index in [0.717, 1.165) is 30.4 Å². The van der Waals surface area contributed by atoms with Crippen LogP contribution in [-0.4, -0.2) is 27.4 Å². The molecule has 0 radical (unpaired) electrons. The largest absolute Gasteiger partial charge is 0.471 e. The summed E-state index contributed by atoms with van der Waals surface area (Å²) in [6.45, 7) is 0. The molecule has 2 aromatic rings. The quantitative estimate of drug-likeness (QED) is 0.578. The van der Waals surface area contributed by atoms with Crippen LogP contribution in [0.3, 0.4) is 0 Å². The molecule has 134 valence electrons. The summed E-state index contributed by atoms with van der Waals surface area (Å²) in [5, 5.41) is 3.20. The summed E-state index contributed by atoms with van der Waals surface area (Å²) in [7, 11) is 0. The average Bonchev–Trinajstić information content (AvgIpc) is 3.06. The lowest BCUT2D eigenvalue weighted by molar-refractivity contribution is -0.159. The van der Waals surface area contributed by atoms with Crippen molar-refractivity contribution in [1.82, 2.24) is 10.1 Å². The summed E-state index contributed by atoms with van der Waals surface area (Å²) in [6, 6.07) is 3.53. The smallest absolute Gasteiger partial charge is 0.329 e. The number of halogens is 4. The normalized spacial score (nSPS) is 18.3. The van der Waals surface area contributed by atoms with Gasteiger partial charge in [0, 0.05) is 12.0 Å².